The third-order valence-electron chi connectivity index (χ3n) is 4.51. The molecule has 0 spiro atoms. The number of benzene rings is 1. The van der Waals surface area contributed by atoms with E-state index in [0.29, 0.717) is 12.5 Å². The van der Waals surface area contributed by atoms with Crippen molar-refractivity contribution in [1.82, 2.24) is 10.2 Å². The Morgan fingerprint density at radius 2 is 2.12 bits per heavy atom. The maximum atomic E-state index is 12.2. The molecule has 0 unspecified atom stereocenters. The quantitative estimate of drug-likeness (QED) is 0.887. The number of furan rings is 1. The van der Waals surface area contributed by atoms with Gasteiger partial charge in [0.25, 0.3) is 0 Å². The molecule has 24 heavy (non-hydrogen) atoms. The highest BCUT2D eigenvalue weighted by Gasteiger charge is 2.24. The van der Waals surface area contributed by atoms with Crippen molar-refractivity contribution in [1.29, 1.82) is 0 Å². The Labute approximate surface area is 143 Å². The molecule has 5 heteroatoms. The molecule has 1 aromatic carbocycles. The standard InChI is InChI=1S/C19H25N3O2/c1-21(19(23)20-11-9-18-8-5-13-24-18)14-16-10-12-22(15-16)17-6-3-2-4-7-17/h2-8,13,16H,9-12,14-15H2,1H3,(H,20,23)/t16-/m0/s1. The molecule has 1 aromatic heterocycles. The maximum Gasteiger partial charge on any atom is 0.317 e. The van der Waals surface area contributed by atoms with Crippen molar-refractivity contribution >= 4 is 11.7 Å². The number of amides is 2. The van der Waals surface area contributed by atoms with Gasteiger partial charge in [-0.3, -0.25) is 0 Å². The number of nitrogens with one attached hydrogen (secondary N) is 1. The molecule has 1 aliphatic rings. The summed E-state index contributed by atoms with van der Waals surface area (Å²) in [6.07, 6.45) is 3.50. The van der Waals surface area contributed by atoms with Crippen molar-refractivity contribution < 1.29 is 9.21 Å². The molecule has 1 saturated heterocycles. The van der Waals surface area contributed by atoms with Crippen molar-refractivity contribution in [2.24, 2.45) is 5.92 Å². The molecule has 2 amide bonds. The Hall–Kier alpha value is -2.43. The monoisotopic (exact) mass is 327 g/mol. The summed E-state index contributed by atoms with van der Waals surface area (Å²) in [5.74, 6) is 1.42. The van der Waals surface area contributed by atoms with Gasteiger partial charge in [0, 0.05) is 45.3 Å². The van der Waals surface area contributed by atoms with Gasteiger partial charge >= 0.3 is 6.03 Å². The van der Waals surface area contributed by atoms with E-state index in [-0.39, 0.29) is 6.03 Å². The zero-order valence-electron chi connectivity index (χ0n) is 14.1. The lowest BCUT2D eigenvalue weighted by Crippen LogP contribution is -2.41. The molecule has 1 atom stereocenters. The van der Waals surface area contributed by atoms with Crippen LogP contribution in [-0.4, -0.2) is 44.2 Å². The number of para-hydroxylation sites is 1. The van der Waals surface area contributed by atoms with Crippen LogP contribution >= 0.6 is 0 Å². The van der Waals surface area contributed by atoms with Crippen LogP contribution in [0.15, 0.2) is 53.1 Å². The van der Waals surface area contributed by atoms with Crippen molar-refractivity contribution in [3.05, 3.63) is 54.5 Å². The predicted molar refractivity (Wildman–Crippen MR) is 95.2 cm³/mol. The summed E-state index contributed by atoms with van der Waals surface area (Å²) >= 11 is 0. The van der Waals surface area contributed by atoms with E-state index in [0.717, 1.165) is 38.2 Å². The lowest BCUT2D eigenvalue weighted by Gasteiger charge is -2.23. The predicted octanol–water partition coefficient (Wildman–Crippen LogP) is 2.99. The first-order chi connectivity index (χ1) is 11.7. The smallest absolute Gasteiger partial charge is 0.317 e. The Kier molecular flexibility index (Phi) is 5.41. The van der Waals surface area contributed by atoms with Crippen molar-refractivity contribution in [3.63, 3.8) is 0 Å². The molecule has 2 aromatic rings. The van der Waals surface area contributed by atoms with Gasteiger partial charge in [0.1, 0.15) is 5.76 Å². The van der Waals surface area contributed by atoms with Gasteiger partial charge in [0.2, 0.25) is 0 Å². The van der Waals surface area contributed by atoms with Crippen LogP contribution < -0.4 is 10.2 Å². The normalized spacial score (nSPS) is 17.0. The second-order valence-electron chi connectivity index (χ2n) is 6.38. The zero-order valence-corrected chi connectivity index (χ0v) is 14.1. The number of carbonyl (C=O) groups excluding carboxylic acids is 1. The third-order valence-corrected chi connectivity index (χ3v) is 4.51. The number of carbonyl (C=O) groups is 1. The van der Waals surface area contributed by atoms with Crippen LogP contribution in [-0.2, 0) is 6.42 Å². The fourth-order valence-corrected chi connectivity index (χ4v) is 3.21. The van der Waals surface area contributed by atoms with E-state index in [1.165, 1.54) is 5.69 Å². The lowest BCUT2D eigenvalue weighted by molar-refractivity contribution is 0.202. The second kappa shape index (κ2) is 7.90. The maximum absolute atomic E-state index is 12.2. The highest BCUT2D eigenvalue weighted by atomic mass is 16.3. The summed E-state index contributed by atoms with van der Waals surface area (Å²) in [6, 6.07) is 14.2. The zero-order chi connectivity index (χ0) is 16.8. The first-order valence-electron chi connectivity index (χ1n) is 8.53. The van der Waals surface area contributed by atoms with Gasteiger partial charge in [-0.2, -0.15) is 0 Å². The minimum Gasteiger partial charge on any atom is -0.469 e. The molecule has 1 N–H and O–H groups in total. The Morgan fingerprint density at radius 1 is 1.29 bits per heavy atom. The lowest BCUT2D eigenvalue weighted by atomic mass is 10.1. The minimum atomic E-state index is -0.0142. The highest BCUT2D eigenvalue weighted by molar-refractivity contribution is 5.73. The number of rotatable bonds is 6. The first-order valence-corrected chi connectivity index (χ1v) is 8.53. The van der Waals surface area contributed by atoms with Crippen molar-refractivity contribution in [3.8, 4) is 0 Å². The van der Waals surface area contributed by atoms with Gasteiger partial charge in [0.05, 0.1) is 6.26 Å². The molecule has 2 heterocycles. The molecule has 5 nitrogen and oxygen atoms in total. The Morgan fingerprint density at radius 3 is 2.88 bits per heavy atom. The molecule has 0 aliphatic carbocycles. The van der Waals surface area contributed by atoms with Gasteiger partial charge in [-0.25, -0.2) is 4.79 Å². The van der Waals surface area contributed by atoms with Crippen LogP contribution in [0, 0.1) is 5.92 Å². The molecule has 1 aliphatic heterocycles. The Balaban J connectivity index is 1.40. The van der Waals surface area contributed by atoms with Gasteiger partial charge in [-0.05, 0) is 36.6 Å². The number of urea groups is 1. The molecular formula is C19H25N3O2. The van der Waals surface area contributed by atoms with Crippen molar-refractivity contribution in [2.75, 3.05) is 38.1 Å². The molecular weight excluding hydrogens is 302 g/mol. The highest BCUT2D eigenvalue weighted by Crippen LogP contribution is 2.23. The van der Waals surface area contributed by atoms with E-state index in [9.17, 15) is 4.79 Å². The summed E-state index contributed by atoms with van der Waals surface area (Å²) in [7, 11) is 1.87. The van der Waals surface area contributed by atoms with E-state index in [4.69, 9.17) is 4.42 Å². The van der Waals surface area contributed by atoms with Crippen LogP contribution in [0.2, 0.25) is 0 Å². The summed E-state index contributed by atoms with van der Waals surface area (Å²) in [5, 5.41) is 2.95. The Bertz CT molecular complexity index is 627. The van der Waals surface area contributed by atoms with Crippen LogP contribution in [0.4, 0.5) is 10.5 Å². The average Bonchev–Trinajstić information content (AvgIpc) is 3.27. The molecule has 1 fully saturated rings. The minimum absolute atomic E-state index is 0.0142. The van der Waals surface area contributed by atoms with Crippen LogP contribution in [0.5, 0.6) is 0 Å². The average molecular weight is 327 g/mol. The van der Waals surface area contributed by atoms with Gasteiger partial charge in [-0.1, -0.05) is 18.2 Å². The number of hydrogen-bond donors (Lipinski definition) is 1. The first kappa shape index (κ1) is 16.4. The largest absolute Gasteiger partial charge is 0.469 e. The molecule has 0 bridgehead atoms. The third kappa shape index (κ3) is 4.31. The van der Waals surface area contributed by atoms with Gasteiger partial charge in [-0.15, -0.1) is 0 Å². The van der Waals surface area contributed by atoms with E-state index in [2.05, 4.69) is 34.5 Å². The molecule has 0 radical (unpaired) electrons. The summed E-state index contributed by atoms with van der Waals surface area (Å²) < 4.78 is 5.27. The SMILES string of the molecule is CN(C[C@@H]1CCN(c2ccccc2)C1)C(=O)NCCc1ccco1. The van der Waals surface area contributed by atoms with Crippen molar-refractivity contribution in [2.45, 2.75) is 12.8 Å². The van der Waals surface area contributed by atoms with Crippen LogP contribution in [0.1, 0.15) is 12.2 Å². The fourth-order valence-electron chi connectivity index (χ4n) is 3.21. The van der Waals surface area contributed by atoms with E-state index in [1.807, 2.05) is 25.2 Å². The topological polar surface area (TPSA) is 48.7 Å². The second-order valence-corrected chi connectivity index (χ2v) is 6.38. The van der Waals surface area contributed by atoms with Crippen LogP contribution in [0.3, 0.4) is 0 Å². The number of hydrogen-bond acceptors (Lipinski definition) is 3. The van der Waals surface area contributed by atoms with Gasteiger partial charge in [0.15, 0.2) is 0 Å². The van der Waals surface area contributed by atoms with Crippen LogP contribution in [0.25, 0.3) is 0 Å². The summed E-state index contributed by atoms with van der Waals surface area (Å²) in [5.41, 5.74) is 1.27. The summed E-state index contributed by atoms with van der Waals surface area (Å²) in [4.78, 5) is 16.4. The molecule has 128 valence electrons. The number of anilines is 1. The molecule has 0 saturated carbocycles. The number of nitrogens with zero attached hydrogens (tertiary/aromatic N) is 2. The fraction of sp³-hybridized carbons (Fsp3) is 0.421. The van der Waals surface area contributed by atoms with Gasteiger partial charge < -0.3 is 19.5 Å². The summed E-state index contributed by atoms with van der Waals surface area (Å²) in [6.45, 7) is 3.45. The molecule has 3 rings (SSSR count). The van der Waals surface area contributed by atoms with E-state index in [1.54, 1.807) is 11.2 Å². The van der Waals surface area contributed by atoms with E-state index < -0.39 is 0 Å². The van der Waals surface area contributed by atoms with E-state index >= 15 is 0 Å².